The van der Waals surface area contributed by atoms with Gasteiger partial charge in [0.1, 0.15) is 0 Å². The van der Waals surface area contributed by atoms with Crippen LogP contribution in [0.5, 0.6) is 0 Å². The van der Waals surface area contributed by atoms with Gasteiger partial charge >= 0.3 is 0 Å². The Morgan fingerprint density at radius 2 is 2.00 bits per heavy atom. The molecule has 0 unspecified atom stereocenters. The lowest BCUT2D eigenvalue weighted by atomic mass is 10.3. The maximum atomic E-state index is 5.29. The fourth-order valence-corrected chi connectivity index (χ4v) is 1.55. The molecule has 13 heavy (non-hydrogen) atoms. The van der Waals surface area contributed by atoms with E-state index in [0.717, 1.165) is 39.4 Å². The summed E-state index contributed by atoms with van der Waals surface area (Å²) in [6.45, 7) is 9.82. The van der Waals surface area contributed by atoms with Gasteiger partial charge in [-0.05, 0) is 32.5 Å². The molecule has 0 spiro atoms. The number of rotatable bonds is 6. The number of nitrogens with zero attached hydrogens (tertiary/aromatic N) is 1. The lowest BCUT2D eigenvalue weighted by Crippen LogP contribution is -2.37. The van der Waals surface area contributed by atoms with Crippen LogP contribution < -0.4 is 5.32 Å². The fraction of sp³-hybridized carbons (Fsp3) is 1.00. The minimum absolute atomic E-state index is 0.919. The fourth-order valence-electron chi connectivity index (χ4n) is 1.55. The monoisotopic (exact) mass is 186 g/mol. The molecule has 0 saturated carbocycles. The first-order valence-electron chi connectivity index (χ1n) is 5.44. The summed E-state index contributed by atoms with van der Waals surface area (Å²) >= 11 is 0. The van der Waals surface area contributed by atoms with E-state index in [0.29, 0.717) is 0 Å². The Hall–Kier alpha value is -0.120. The van der Waals surface area contributed by atoms with Gasteiger partial charge < -0.3 is 10.1 Å². The Bertz CT molecular complexity index is 113. The van der Waals surface area contributed by atoms with Crippen molar-refractivity contribution >= 4 is 0 Å². The van der Waals surface area contributed by atoms with Crippen LogP contribution >= 0.6 is 0 Å². The van der Waals surface area contributed by atoms with Crippen LogP contribution in [0.1, 0.15) is 19.8 Å². The van der Waals surface area contributed by atoms with Crippen LogP contribution in [0.2, 0.25) is 0 Å². The van der Waals surface area contributed by atoms with Crippen LogP contribution in [-0.4, -0.2) is 50.8 Å². The van der Waals surface area contributed by atoms with Gasteiger partial charge in [-0.15, -0.1) is 0 Å². The lowest BCUT2D eigenvalue weighted by molar-refractivity contribution is 0.0374. The summed E-state index contributed by atoms with van der Waals surface area (Å²) in [6.07, 6.45) is 2.50. The molecule has 1 aliphatic heterocycles. The zero-order valence-electron chi connectivity index (χ0n) is 8.72. The van der Waals surface area contributed by atoms with E-state index in [1.54, 1.807) is 0 Å². The average Bonchev–Trinajstić information content (AvgIpc) is 2.19. The molecule has 1 saturated heterocycles. The normalized spacial score (nSPS) is 19.2. The third kappa shape index (κ3) is 5.24. The molecule has 1 heterocycles. The summed E-state index contributed by atoms with van der Waals surface area (Å²) in [5.74, 6) is 0. The van der Waals surface area contributed by atoms with Crippen LogP contribution in [0.4, 0.5) is 0 Å². The highest BCUT2D eigenvalue weighted by Crippen LogP contribution is 1.96. The Balaban J connectivity index is 1.86. The van der Waals surface area contributed by atoms with Crippen molar-refractivity contribution in [2.24, 2.45) is 0 Å². The molecule has 0 aromatic rings. The first kappa shape index (κ1) is 11.0. The maximum absolute atomic E-state index is 5.29. The molecule has 0 atom stereocenters. The standard InChI is InChI=1S/C10H22N2O/c1-2-4-11-5-3-6-12-7-9-13-10-8-12/h11H,2-10H2,1H3. The summed E-state index contributed by atoms with van der Waals surface area (Å²) in [6, 6.07) is 0. The molecule has 0 amide bonds. The Morgan fingerprint density at radius 1 is 1.23 bits per heavy atom. The second-order valence-corrected chi connectivity index (χ2v) is 3.56. The third-order valence-electron chi connectivity index (χ3n) is 2.36. The lowest BCUT2D eigenvalue weighted by Gasteiger charge is -2.26. The average molecular weight is 186 g/mol. The van der Waals surface area contributed by atoms with E-state index in [1.165, 1.54) is 19.4 Å². The minimum atomic E-state index is 0.919. The van der Waals surface area contributed by atoms with Gasteiger partial charge in [0.25, 0.3) is 0 Å². The molecule has 78 valence electrons. The van der Waals surface area contributed by atoms with Crippen molar-refractivity contribution in [2.75, 3.05) is 45.9 Å². The van der Waals surface area contributed by atoms with Gasteiger partial charge in [-0.3, -0.25) is 4.90 Å². The van der Waals surface area contributed by atoms with E-state index >= 15 is 0 Å². The largest absolute Gasteiger partial charge is 0.379 e. The van der Waals surface area contributed by atoms with Crippen molar-refractivity contribution < 1.29 is 4.74 Å². The number of ether oxygens (including phenoxy) is 1. The van der Waals surface area contributed by atoms with Crippen molar-refractivity contribution in [3.05, 3.63) is 0 Å². The summed E-state index contributed by atoms with van der Waals surface area (Å²) in [5.41, 5.74) is 0. The molecular weight excluding hydrogens is 164 g/mol. The molecule has 0 aliphatic carbocycles. The minimum Gasteiger partial charge on any atom is -0.379 e. The van der Waals surface area contributed by atoms with E-state index in [9.17, 15) is 0 Å². The third-order valence-corrected chi connectivity index (χ3v) is 2.36. The molecule has 0 aromatic carbocycles. The molecule has 3 nitrogen and oxygen atoms in total. The number of hydrogen-bond donors (Lipinski definition) is 1. The van der Waals surface area contributed by atoms with E-state index in [4.69, 9.17) is 4.74 Å². The van der Waals surface area contributed by atoms with E-state index in [1.807, 2.05) is 0 Å². The SMILES string of the molecule is CCCNCCCN1CCOCC1. The molecule has 3 heteroatoms. The van der Waals surface area contributed by atoms with Gasteiger partial charge in [0, 0.05) is 13.1 Å². The molecule has 1 N–H and O–H groups in total. The predicted octanol–water partition coefficient (Wildman–Crippen LogP) is 0.708. The number of hydrogen-bond acceptors (Lipinski definition) is 3. The topological polar surface area (TPSA) is 24.5 Å². The smallest absolute Gasteiger partial charge is 0.0594 e. The van der Waals surface area contributed by atoms with Crippen LogP contribution in [0, 0.1) is 0 Å². The Kier molecular flexibility index (Phi) is 6.15. The molecule has 0 bridgehead atoms. The van der Waals surface area contributed by atoms with Crippen molar-refractivity contribution in [1.29, 1.82) is 0 Å². The predicted molar refractivity (Wildman–Crippen MR) is 55.0 cm³/mol. The first-order valence-corrected chi connectivity index (χ1v) is 5.44. The molecule has 1 fully saturated rings. The highest BCUT2D eigenvalue weighted by molar-refractivity contribution is 4.62. The van der Waals surface area contributed by atoms with Crippen molar-refractivity contribution in [2.45, 2.75) is 19.8 Å². The van der Waals surface area contributed by atoms with Crippen LogP contribution in [-0.2, 0) is 4.74 Å². The van der Waals surface area contributed by atoms with E-state index < -0.39 is 0 Å². The van der Waals surface area contributed by atoms with E-state index in [-0.39, 0.29) is 0 Å². The van der Waals surface area contributed by atoms with Gasteiger partial charge in [-0.1, -0.05) is 6.92 Å². The highest BCUT2D eigenvalue weighted by atomic mass is 16.5. The zero-order chi connectivity index (χ0) is 9.36. The molecular formula is C10H22N2O. The summed E-state index contributed by atoms with van der Waals surface area (Å²) in [7, 11) is 0. The van der Waals surface area contributed by atoms with Gasteiger partial charge in [-0.25, -0.2) is 0 Å². The van der Waals surface area contributed by atoms with Crippen molar-refractivity contribution in [3.63, 3.8) is 0 Å². The summed E-state index contributed by atoms with van der Waals surface area (Å²) < 4.78 is 5.29. The summed E-state index contributed by atoms with van der Waals surface area (Å²) in [5, 5.41) is 3.42. The van der Waals surface area contributed by atoms with Crippen LogP contribution in [0.25, 0.3) is 0 Å². The van der Waals surface area contributed by atoms with Gasteiger partial charge in [0.2, 0.25) is 0 Å². The first-order chi connectivity index (χ1) is 6.43. The summed E-state index contributed by atoms with van der Waals surface area (Å²) in [4.78, 5) is 2.48. The van der Waals surface area contributed by atoms with Gasteiger partial charge in [-0.2, -0.15) is 0 Å². The molecule has 0 aromatic heterocycles. The zero-order valence-corrected chi connectivity index (χ0v) is 8.72. The van der Waals surface area contributed by atoms with Gasteiger partial charge in [0.15, 0.2) is 0 Å². The molecule has 0 radical (unpaired) electrons. The quantitative estimate of drug-likeness (QED) is 0.618. The number of nitrogens with one attached hydrogen (secondary N) is 1. The van der Waals surface area contributed by atoms with Crippen LogP contribution in [0.3, 0.4) is 0 Å². The molecule has 1 aliphatic rings. The highest BCUT2D eigenvalue weighted by Gasteiger charge is 2.08. The number of morpholine rings is 1. The maximum Gasteiger partial charge on any atom is 0.0594 e. The van der Waals surface area contributed by atoms with Crippen LogP contribution in [0.15, 0.2) is 0 Å². The Labute approximate surface area is 81.4 Å². The second kappa shape index (κ2) is 7.30. The van der Waals surface area contributed by atoms with E-state index in [2.05, 4.69) is 17.1 Å². The molecule has 1 rings (SSSR count). The Morgan fingerprint density at radius 3 is 2.69 bits per heavy atom. The van der Waals surface area contributed by atoms with Crippen molar-refractivity contribution in [3.8, 4) is 0 Å². The van der Waals surface area contributed by atoms with Crippen molar-refractivity contribution in [1.82, 2.24) is 10.2 Å². The van der Waals surface area contributed by atoms with Gasteiger partial charge in [0.05, 0.1) is 13.2 Å². The second-order valence-electron chi connectivity index (χ2n) is 3.56.